The first kappa shape index (κ1) is 14.7. The van der Waals surface area contributed by atoms with Crippen molar-refractivity contribution in [2.24, 2.45) is 5.92 Å². The number of halogens is 1. The van der Waals surface area contributed by atoms with Gasteiger partial charge in [0.05, 0.1) is 15.9 Å². The molecule has 0 aromatic carbocycles. The second-order valence-corrected chi connectivity index (χ2v) is 5.21. The number of hydrogen-bond donors (Lipinski definition) is 1. The number of aliphatic hydroxyl groups is 1. The monoisotopic (exact) mass is 302 g/mol. The summed E-state index contributed by atoms with van der Waals surface area (Å²) < 4.78 is 3.19. The predicted molar refractivity (Wildman–Crippen MR) is 74.2 cm³/mol. The quantitative estimate of drug-likeness (QED) is 0.840. The highest BCUT2D eigenvalue weighted by molar-refractivity contribution is 9.10. The summed E-state index contributed by atoms with van der Waals surface area (Å²) in [5, 5.41) is 14.0. The van der Waals surface area contributed by atoms with E-state index >= 15 is 0 Å². The van der Waals surface area contributed by atoms with E-state index in [0.717, 1.165) is 42.4 Å². The van der Waals surface area contributed by atoms with Crippen LogP contribution in [0.15, 0.2) is 4.47 Å². The third kappa shape index (κ3) is 3.55. The molecule has 1 N–H and O–H groups in total. The van der Waals surface area contributed by atoms with Gasteiger partial charge in [0.2, 0.25) is 0 Å². The van der Waals surface area contributed by atoms with E-state index in [0.29, 0.717) is 5.92 Å². The van der Waals surface area contributed by atoms with Gasteiger partial charge in [-0.05, 0) is 48.0 Å². The smallest absolute Gasteiger partial charge is 0.0766 e. The van der Waals surface area contributed by atoms with E-state index in [4.69, 9.17) is 0 Å². The Kier molecular flexibility index (Phi) is 6.20. The fourth-order valence-corrected chi connectivity index (χ4v) is 2.88. The van der Waals surface area contributed by atoms with Gasteiger partial charge in [0.25, 0.3) is 0 Å². The van der Waals surface area contributed by atoms with Crippen molar-refractivity contribution < 1.29 is 5.11 Å². The summed E-state index contributed by atoms with van der Waals surface area (Å²) in [7, 11) is 0. The summed E-state index contributed by atoms with van der Waals surface area (Å²) in [6.07, 6.45) is 4.03. The second kappa shape index (κ2) is 7.17. The maximum atomic E-state index is 9.39. The normalized spacial score (nSPS) is 13.0. The van der Waals surface area contributed by atoms with Crippen LogP contribution >= 0.6 is 15.9 Å². The molecule has 4 heteroatoms. The third-order valence-electron chi connectivity index (χ3n) is 3.13. The van der Waals surface area contributed by atoms with E-state index in [9.17, 15) is 5.11 Å². The van der Waals surface area contributed by atoms with Gasteiger partial charge in [-0.15, -0.1) is 0 Å². The zero-order chi connectivity index (χ0) is 12.8. The molecular weight excluding hydrogens is 280 g/mol. The predicted octanol–water partition coefficient (Wildman–Crippen LogP) is 3.18. The van der Waals surface area contributed by atoms with Crippen LogP contribution in [0.1, 0.15) is 45.0 Å². The highest BCUT2D eigenvalue weighted by Crippen LogP contribution is 2.25. The largest absolute Gasteiger partial charge is 0.396 e. The van der Waals surface area contributed by atoms with Gasteiger partial charge in [0.1, 0.15) is 0 Å². The van der Waals surface area contributed by atoms with Crippen LogP contribution in [0.25, 0.3) is 0 Å². The Bertz CT molecular complexity index is 349. The van der Waals surface area contributed by atoms with Crippen LogP contribution in [-0.2, 0) is 19.4 Å². The van der Waals surface area contributed by atoms with Gasteiger partial charge in [-0.1, -0.05) is 20.3 Å². The molecule has 0 spiro atoms. The van der Waals surface area contributed by atoms with Crippen molar-refractivity contribution in [2.75, 3.05) is 6.61 Å². The minimum absolute atomic E-state index is 0.261. The van der Waals surface area contributed by atoms with E-state index in [1.165, 1.54) is 5.69 Å². The lowest BCUT2D eigenvalue weighted by atomic mass is 9.98. The summed E-state index contributed by atoms with van der Waals surface area (Å²) in [6.45, 7) is 7.53. The average molecular weight is 303 g/mol. The van der Waals surface area contributed by atoms with Crippen LogP contribution in [0.5, 0.6) is 0 Å². The zero-order valence-corrected chi connectivity index (χ0v) is 12.6. The molecular formula is C13H23BrN2O. The molecule has 1 rings (SSSR count). The second-order valence-electron chi connectivity index (χ2n) is 4.42. The van der Waals surface area contributed by atoms with Crippen molar-refractivity contribution >= 4 is 15.9 Å². The van der Waals surface area contributed by atoms with Crippen LogP contribution in [-0.4, -0.2) is 21.5 Å². The average Bonchev–Trinajstić information content (AvgIpc) is 2.65. The van der Waals surface area contributed by atoms with Gasteiger partial charge in [0.15, 0.2) is 0 Å². The Hall–Kier alpha value is -0.350. The fraction of sp³-hybridized carbons (Fsp3) is 0.769. The Morgan fingerprint density at radius 1 is 1.35 bits per heavy atom. The standard InChI is InChI=1S/C13H23BrN2O/c1-4-7-10(9-17)8-12-13(14)11(5-2)15-16(12)6-3/h10,17H,4-9H2,1-3H3. The minimum atomic E-state index is 0.261. The highest BCUT2D eigenvalue weighted by atomic mass is 79.9. The van der Waals surface area contributed by atoms with E-state index < -0.39 is 0 Å². The van der Waals surface area contributed by atoms with E-state index in [-0.39, 0.29) is 6.61 Å². The summed E-state index contributed by atoms with van der Waals surface area (Å²) in [4.78, 5) is 0. The minimum Gasteiger partial charge on any atom is -0.396 e. The Morgan fingerprint density at radius 2 is 2.06 bits per heavy atom. The molecule has 0 aliphatic carbocycles. The van der Waals surface area contributed by atoms with E-state index in [2.05, 4.69) is 46.5 Å². The molecule has 0 radical (unpaired) electrons. The molecule has 0 aliphatic rings. The highest BCUT2D eigenvalue weighted by Gasteiger charge is 2.17. The zero-order valence-electron chi connectivity index (χ0n) is 11.0. The van der Waals surface area contributed by atoms with Gasteiger partial charge in [-0.25, -0.2) is 0 Å². The van der Waals surface area contributed by atoms with Crippen LogP contribution in [0, 0.1) is 5.92 Å². The molecule has 1 aromatic heterocycles. The molecule has 98 valence electrons. The Morgan fingerprint density at radius 3 is 2.53 bits per heavy atom. The molecule has 0 fully saturated rings. The lowest BCUT2D eigenvalue weighted by Crippen LogP contribution is -2.13. The van der Waals surface area contributed by atoms with Gasteiger partial charge >= 0.3 is 0 Å². The first-order valence-electron chi connectivity index (χ1n) is 6.52. The number of aryl methyl sites for hydroxylation is 2. The van der Waals surface area contributed by atoms with Crippen LogP contribution in [0.4, 0.5) is 0 Å². The van der Waals surface area contributed by atoms with Gasteiger partial charge in [-0.2, -0.15) is 5.10 Å². The lowest BCUT2D eigenvalue weighted by molar-refractivity contribution is 0.215. The molecule has 0 saturated carbocycles. The topological polar surface area (TPSA) is 38.1 Å². The molecule has 1 atom stereocenters. The van der Waals surface area contributed by atoms with Gasteiger partial charge < -0.3 is 5.11 Å². The molecule has 1 aromatic rings. The molecule has 1 unspecified atom stereocenters. The molecule has 0 bridgehead atoms. The maximum absolute atomic E-state index is 9.39. The SMILES string of the molecule is CCCC(CO)Cc1c(Br)c(CC)nn1CC. The van der Waals surface area contributed by atoms with Gasteiger partial charge in [-0.3, -0.25) is 4.68 Å². The van der Waals surface area contributed by atoms with Crippen molar-refractivity contribution in [1.82, 2.24) is 9.78 Å². The number of hydrogen-bond acceptors (Lipinski definition) is 2. The first-order chi connectivity index (χ1) is 8.17. The van der Waals surface area contributed by atoms with Crippen molar-refractivity contribution in [3.8, 4) is 0 Å². The Labute approximate surface area is 112 Å². The van der Waals surface area contributed by atoms with Crippen molar-refractivity contribution in [3.05, 3.63) is 15.9 Å². The number of nitrogens with zero attached hydrogens (tertiary/aromatic N) is 2. The maximum Gasteiger partial charge on any atom is 0.0766 e. The van der Waals surface area contributed by atoms with Gasteiger partial charge in [0, 0.05) is 13.2 Å². The van der Waals surface area contributed by atoms with Crippen molar-refractivity contribution in [1.29, 1.82) is 0 Å². The lowest BCUT2D eigenvalue weighted by Gasteiger charge is -2.14. The number of aromatic nitrogens is 2. The summed E-state index contributed by atoms with van der Waals surface area (Å²) in [6, 6.07) is 0. The third-order valence-corrected chi connectivity index (χ3v) is 4.05. The molecule has 17 heavy (non-hydrogen) atoms. The summed E-state index contributed by atoms with van der Waals surface area (Å²) in [5.41, 5.74) is 2.35. The van der Waals surface area contributed by atoms with E-state index in [1.807, 2.05) is 0 Å². The molecule has 0 amide bonds. The van der Waals surface area contributed by atoms with Crippen LogP contribution in [0.2, 0.25) is 0 Å². The summed E-state index contributed by atoms with van der Waals surface area (Å²) >= 11 is 3.65. The molecule has 1 heterocycles. The van der Waals surface area contributed by atoms with Crippen molar-refractivity contribution in [2.45, 2.75) is 53.0 Å². The molecule has 3 nitrogen and oxygen atoms in total. The Balaban J connectivity index is 2.91. The van der Waals surface area contributed by atoms with Crippen LogP contribution in [0.3, 0.4) is 0 Å². The number of rotatable bonds is 7. The number of aliphatic hydroxyl groups excluding tert-OH is 1. The molecule has 0 aliphatic heterocycles. The van der Waals surface area contributed by atoms with Crippen LogP contribution < -0.4 is 0 Å². The van der Waals surface area contributed by atoms with Crippen molar-refractivity contribution in [3.63, 3.8) is 0 Å². The molecule has 0 saturated heterocycles. The van der Waals surface area contributed by atoms with E-state index in [1.54, 1.807) is 0 Å². The summed E-state index contributed by atoms with van der Waals surface area (Å²) in [5.74, 6) is 0.350. The first-order valence-corrected chi connectivity index (χ1v) is 7.31. The fourth-order valence-electron chi connectivity index (χ4n) is 2.15.